The fourth-order valence-electron chi connectivity index (χ4n) is 4.13. The van der Waals surface area contributed by atoms with E-state index in [1.165, 1.54) is 22.7 Å². The van der Waals surface area contributed by atoms with Crippen molar-refractivity contribution < 1.29 is 14.3 Å². The SMILES string of the molecule is COc1ccccc1-c1nc(COC(=O)c2sc3nc4n(c(=O)c3c2C)CCCCC4)cs1. The number of para-hydroxylation sites is 1. The van der Waals surface area contributed by atoms with Gasteiger partial charge in [-0.2, -0.15) is 0 Å². The largest absolute Gasteiger partial charge is 0.496 e. The van der Waals surface area contributed by atoms with Crippen molar-refractivity contribution in [3.05, 3.63) is 62.0 Å². The molecule has 7 nitrogen and oxygen atoms in total. The van der Waals surface area contributed by atoms with Gasteiger partial charge < -0.3 is 9.47 Å². The van der Waals surface area contributed by atoms with Crippen LogP contribution in [0.3, 0.4) is 0 Å². The first-order valence-corrected chi connectivity index (χ1v) is 12.5. The molecule has 0 N–H and O–H groups in total. The molecule has 0 saturated carbocycles. The third-order valence-corrected chi connectivity index (χ3v) is 7.93. The van der Waals surface area contributed by atoms with Crippen LogP contribution >= 0.6 is 22.7 Å². The lowest BCUT2D eigenvalue weighted by Gasteiger charge is -2.08. The quantitative estimate of drug-likeness (QED) is 0.374. The molecule has 0 fully saturated rings. The Morgan fingerprint density at radius 1 is 1.18 bits per heavy atom. The van der Waals surface area contributed by atoms with Crippen LogP contribution in [0.4, 0.5) is 0 Å². The summed E-state index contributed by atoms with van der Waals surface area (Å²) in [4.78, 5) is 36.4. The zero-order chi connectivity index (χ0) is 22.9. The molecule has 0 atom stereocenters. The molecule has 4 heterocycles. The first kappa shape index (κ1) is 21.8. The minimum Gasteiger partial charge on any atom is -0.496 e. The normalized spacial score (nSPS) is 13.5. The number of aryl methyl sites for hydroxylation is 2. The minimum atomic E-state index is -0.457. The van der Waals surface area contributed by atoms with Crippen molar-refractivity contribution in [2.45, 2.75) is 45.8 Å². The van der Waals surface area contributed by atoms with Gasteiger partial charge in [-0.3, -0.25) is 9.36 Å². The van der Waals surface area contributed by atoms with E-state index < -0.39 is 5.97 Å². The number of hydrogen-bond acceptors (Lipinski definition) is 8. The standard InChI is InChI=1S/C24H23N3O4S2/c1-14-19-22(26-18-10-4-3-7-11-27(18)23(19)28)33-20(14)24(29)31-12-15-13-32-21(25-15)16-8-5-6-9-17(16)30-2/h5-6,8-9,13H,3-4,7,10-12H2,1-2H3. The Balaban J connectivity index is 1.37. The molecular formula is C24H23N3O4S2. The van der Waals surface area contributed by atoms with Crippen molar-refractivity contribution in [3.8, 4) is 16.3 Å². The van der Waals surface area contributed by atoms with Gasteiger partial charge in [0.25, 0.3) is 5.56 Å². The van der Waals surface area contributed by atoms with Crippen LogP contribution in [0.5, 0.6) is 5.75 Å². The Hall–Kier alpha value is -3.04. The summed E-state index contributed by atoms with van der Waals surface area (Å²) in [6, 6.07) is 7.67. The molecule has 1 aliphatic heterocycles. The van der Waals surface area contributed by atoms with Crippen LogP contribution < -0.4 is 10.3 Å². The Morgan fingerprint density at radius 3 is 2.88 bits per heavy atom. The Labute approximate surface area is 198 Å². The topological polar surface area (TPSA) is 83.3 Å². The van der Waals surface area contributed by atoms with Gasteiger partial charge in [0.1, 0.15) is 32.9 Å². The molecule has 0 unspecified atom stereocenters. The number of fused-ring (bicyclic) bond motifs is 2. The molecule has 33 heavy (non-hydrogen) atoms. The molecule has 170 valence electrons. The fraction of sp³-hybridized carbons (Fsp3) is 0.333. The summed E-state index contributed by atoms with van der Waals surface area (Å²) in [5, 5.41) is 3.21. The van der Waals surface area contributed by atoms with E-state index in [0.29, 0.717) is 32.9 Å². The molecule has 0 aliphatic carbocycles. The molecular weight excluding hydrogens is 458 g/mol. The summed E-state index contributed by atoms with van der Waals surface area (Å²) in [5.74, 6) is 1.10. The van der Waals surface area contributed by atoms with Crippen LogP contribution in [0, 0.1) is 6.92 Å². The Kier molecular flexibility index (Phi) is 5.99. The summed E-state index contributed by atoms with van der Waals surface area (Å²) < 4.78 is 12.7. The van der Waals surface area contributed by atoms with Gasteiger partial charge in [-0.1, -0.05) is 18.6 Å². The second-order valence-corrected chi connectivity index (χ2v) is 9.81. The van der Waals surface area contributed by atoms with Crippen LogP contribution in [-0.2, 0) is 24.3 Å². The zero-order valence-electron chi connectivity index (χ0n) is 18.4. The van der Waals surface area contributed by atoms with Crippen LogP contribution in [0.15, 0.2) is 34.4 Å². The number of hydrogen-bond donors (Lipinski definition) is 0. The van der Waals surface area contributed by atoms with Crippen molar-refractivity contribution >= 4 is 38.9 Å². The monoisotopic (exact) mass is 481 g/mol. The third kappa shape index (κ3) is 4.06. The number of methoxy groups -OCH3 is 1. The molecule has 0 radical (unpaired) electrons. The average Bonchev–Trinajstić information content (AvgIpc) is 3.35. The van der Waals surface area contributed by atoms with Gasteiger partial charge in [-0.05, 0) is 37.5 Å². The molecule has 4 aromatic rings. The lowest BCUT2D eigenvalue weighted by molar-refractivity contribution is 0.0473. The van der Waals surface area contributed by atoms with Crippen molar-refractivity contribution in [1.29, 1.82) is 0 Å². The van der Waals surface area contributed by atoms with Gasteiger partial charge in [0.05, 0.1) is 23.8 Å². The highest BCUT2D eigenvalue weighted by atomic mass is 32.1. The molecule has 0 saturated heterocycles. The number of esters is 1. The maximum atomic E-state index is 13.1. The summed E-state index contributed by atoms with van der Waals surface area (Å²) >= 11 is 2.71. The van der Waals surface area contributed by atoms with Gasteiger partial charge in [-0.15, -0.1) is 22.7 Å². The maximum absolute atomic E-state index is 13.1. The van der Waals surface area contributed by atoms with E-state index in [9.17, 15) is 9.59 Å². The van der Waals surface area contributed by atoms with Crippen LogP contribution in [0.2, 0.25) is 0 Å². The van der Waals surface area contributed by atoms with Crippen molar-refractivity contribution in [3.63, 3.8) is 0 Å². The Morgan fingerprint density at radius 2 is 2.03 bits per heavy atom. The molecule has 5 rings (SSSR count). The van der Waals surface area contributed by atoms with E-state index in [1.54, 1.807) is 18.6 Å². The van der Waals surface area contributed by atoms with Gasteiger partial charge >= 0.3 is 5.97 Å². The number of benzene rings is 1. The summed E-state index contributed by atoms with van der Waals surface area (Å²) in [7, 11) is 1.63. The first-order chi connectivity index (χ1) is 16.1. The van der Waals surface area contributed by atoms with Crippen molar-refractivity contribution in [2.75, 3.05) is 7.11 Å². The van der Waals surface area contributed by atoms with E-state index in [4.69, 9.17) is 14.5 Å². The zero-order valence-corrected chi connectivity index (χ0v) is 20.1. The second-order valence-electron chi connectivity index (χ2n) is 7.95. The summed E-state index contributed by atoms with van der Waals surface area (Å²) in [6.45, 7) is 2.54. The highest BCUT2D eigenvalue weighted by Gasteiger charge is 2.23. The molecule has 3 aromatic heterocycles. The highest BCUT2D eigenvalue weighted by Crippen LogP contribution is 2.33. The molecule has 1 aliphatic rings. The fourth-order valence-corrected chi connectivity index (χ4v) is 6.05. The number of thiazole rings is 1. The number of nitrogens with zero attached hydrogens (tertiary/aromatic N) is 3. The van der Waals surface area contributed by atoms with E-state index in [2.05, 4.69) is 4.98 Å². The van der Waals surface area contributed by atoms with Crippen molar-refractivity contribution in [2.24, 2.45) is 0 Å². The number of aromatic nitrogens is 3. The third-order valence-electron chi connectivity index (χ3n) is 5.84. The van der Waals surface area contributed by atoms with Gasteiger partial charge in [0, 0.05) is 18.3 Å². The number of carbonyl (C=O) groups excluding carboxylic acids is 1. The predicted molar refractivity (Wildman–Crippen MR) is 129 cm³/mol. The average molecular weight is 482 g/mol. The first-order valence-electron chi connectivity index (χ1n) is 10.8. The maximum Gasteiger partial charge on any atom is 0.349 e. The molecule has 0 spiro atoms. The van der Waals surface area contributed by atoms with E-state index >= 15 is 0 Å². The molecule has 0 amide bonds. The van der Waals surface area contributed by atoms with E-state index in [1.807, 2.05) is 29.6 Å². The Bertz CT molecular complexity index is 1400. The lowest BCUT2D eigenvalue weighted by Crippen LogP contribution is -2.24. The van der Waals surface area contributed by atoms with Gasteiger partial charge in [-0.25, -0.2) is 14.8 Å². The lowest BCUT2D eigenvalue weighted by atomic mass is 10.2. The highest BCUT2D eigenvalue weighted by molar-refractivity contribution is 7.20. The van der Waals surface area contributed by atoms with Gasteiger partial charge in [0.15, 0.2) is 0 Å². The number of thiophene rings is 1. The molecule has 1 aromatic carbocycles. The molecule has 9 heteroatoms. The minimum absolute atomic E-state index is 0.0503. The summed E-state index contributed by atoms with van der Waals surface area (Å²) in [6.07, 6.45) is 3.90. The number of carbonyl (C=O) groups is 1. The predicted octanol–water partition coefficient (Wildman–Crippen LogP) is 4.98. The van der Waals surface area contributed by atoms with E-state index in [-0.39, 0.29) is 12.2 Å². The number of rotatable bonds is 5. The second kappa shape index (κ2) is 9.07. The van der Waals surface area contributed by atoms with E-state index in [0.717, 1.165) is 47.8 Å². The number of ether oxygens (including phenoxy) is 2. The summed E-state index contributed by atoms with van der Waals surface area (Å²) in [5.41, 5.74) is 2.16. The van der Waals surface area contributed by atoms with Crippen LogP contribution in [0.25, 0.3) is 20.8 Å². The van der Waals surface area contributed by atoms with Crippen LogP contribution in [-0.4, -0.2) is 27.6 Å². The molecule has 0 bridgehead atoms. The van der Waals surface area contributed by atoms with Gasteiger partial charge in [0.2, 0.25) is 0 Å². The van der Waals surface area contributed by atoms with Crippen molar-refractivity contribution in [1.82, 2.24) is 14.5 Å². The smallest absolute Gasteiger partial charge is 0.349 e. The van der Waals surface area contributed by atoms with Crippen LogP contribution in [0.1, 0.15) is 46.0 Å².